The fourth-order valence-electron chi connectivity index (χ4n) is 2.91. The molecule has 1 aliphatic heterocycles. The number of rotatable bonds is 4. The van der Waals surface area contributed by atoms with Gasteiger partial charge in [0.1, 0.15) is 0 Å². The Labute approximate surface area is 146 Å². The first-order chi connectivity index (χ1) is 9.22. The third-order valence-corrected chi connectivity index (χ3v) is 4.99. The summed E-state index contributed by atoms with van der Waals surface area (Å²) in [6.07, 6.45) is 3.14. The van der Waals surface area contributed by atoms with Crippen LogP contribution in [0, 0.1) is 0 Å². The SMILES string of the molecule is CCCC[B-]1(c2ccc(Cl)cc2)OC(C)(C)C(C)(C)O1.[Li+]. The Morgan fingerprint density at radius 1 is 1.00 bits per heavy atom. The summed E-state index contributed by atoms with van der Waals surface area (Å²) in [7, 11) is 0. The predicted octanol–water partition coefficient (Wildman–Crippen LogP) is 1.40. The molecule has 0 aromatic heterocycles. The second-order valence-electron chi connectivity index (χ2n) is 6.82. The average molecular weight is 303 g/mol. The van der Waals surface area contributed by atoms with Crippen LogP contribution in [0.5, 0.6) is 0 Å². The Hall–Kier alpha value is 0.0923. The predicted molar refractivity (Wildman–Crippen MR) is 86.9 cm³/mol. The van der Waals surface area contributed by atoms with E-state index in [1.165, 1.54) is 0 Å². The molecule has 5 heteroatoms. The van der Waals surface area contributed by atoms with E-state index >= 15 is 0 Å². The molecule has 1 aromatic rings. The Morgan fingerprint density at radius 3 is 1.90 bits per heavy atom. The first kappa shape index (κ1) is 19.1. The standard InChI is InChI=1S/C16H25BClO2.Li/c1-6-7-12-17(13-8-10-14(18)11-9-13)19-15(2,3)16(4,5)20-17;/h8-11H,6-7,12H2,1-5H3;/q-1;+1. The van der Waals surface area contributed by atoms with Gasteiger partial charge in [-0.25, -0.2) is 0 Å². The molecule has 1 aromatic carbocycles. The maximum atomic E-state index is 6.48. The molecule has 112 valence electrons. The van der Waals surface area contributed by atoms with Gasteiger partial charge in [-0.2, -0.15) is 5.46 Å². The van der Waals surface area contributed by atoms with Crippen LogP contribution in [0.25, 0.3) is 0 Å². The summed E-state index contributed by atoms with van der Waals surface area (Å²) in [4.78, 5) is 0. The van der Waals surface area contributed by atoms with Crippen molar-refractivity contribution in [3.05, 3.63) is 29.3 Å². The molecule has 0 amide bonds. The molecule has 0 saturated carbocycles. The molecule has 0 spiro atoms. The third kappa shape index (κ3) is 3.71. The fourth-order valence-corrected chi connectivity index (χ4v) is 3.04. The van der Waals surface area contributed by atoms with Gasteiger partial charge in [-0.05, 0) is 39.8 Å². The van der Waals surface area contributed by atoms with Gasteiger partial charge in [0.2, 0.25) is 0 Å². The van der Waals surface area contributed by atoms with Crippen LogP contribution in [-0.2, 0) is 9.31 Å². The molecule has 0 unspecified atom stereocenters. The number of hydrogen-bond donors (Lipinski definition) is 0. The molecule has 0 atom stereocenters. The molecule has 1 aliphatic rings. The molecular weight excluding hydrogens is 277 g/mol. The quantitative estimate of drug-likeness (QED) is 0.783. The van der Waals surface area contributed by atoms with Crippen molar-refractivity contribution in [1.29, 1.82) is 0 Å². The largest absolute Gasteiger partial charge is 1.00 e. The summed E-state index contributed by atoms with van der Waals surface area (Å²) in [5, 5.41) is 0.742. The van der Waals surface area contributed by atoms with E-state index in [0.717, 1.165) is 29.6 Å². The van der Waals surface area contributed by atoms with E-state index in [4.69, 9.17) is 20.9 Å². The molecule has 1 saturated heterocycles. The minimum absolute atomic E-state index is 0. The number of halogens is 1. The van der Waals surface area contributed by atoms with Crippen molar-refractivity contribution in [2.24, 2.45) is 0 Å². The molecule has 0 bridgehead atoms. The summed E-state index contributed by atoms with van der Waals surface area (Å²) < 4.78 is 13.0. The summed E-state index contributed by atoms with van der Waals surface area (Å²) in [6, 6.07) is 7.90. The van der Waals surface area contributed by atoms with Crippen LogP contribution >= 0.6 is 11.6 Å². The molecule has 0 radical (unpaired) electrons. The second kappa shape index (κ2) is 6.69. The molecule has 1 heterocycles. The molecule has 21 heavy (non-hydrogen) atoms. The van der Waals surface area contributed by atoms with Gasteiger partial charge in [-0.1, -0.05) is 43.5 Å². The van der Waals surface area contributed by atoms with Crippen molar-refractivity contribution >= 4 is 23.6 Å². The normalized spacial score (nSPS) is 21.8. The van der Waals surface area contributed by atoms with Crippen LogP contribution in [0.3, 0.4) is 0 Å². The van der Waals surface area contributed by atoms with Crippen molar-refractivity contribution in [2.75, 3.05) is 0 Å². The van der Waals surface area contributed by atoms with E-state index < -0.39 is 6.55 Å². The van der Waals surface area contributed by atoms with Crippen LogP contribution in [-0.4, -0.2) is 17.8 Å². The van der Waals surface area contributed by atoms with Crippen molar-refractivity contribution in [3.8, 4) is 0 Å². The van der Waals surface area contributed by atoms with E-state index in [1.54, 1.807) is 0 Å². The van der Waals surface area contributed by atoms with Gasteiger partial charge in [0.25, 0.3) is 6.55 Å². The van der Waals surface area contributed by atoms with E-state index in [2.05, 4.69) is 34.6 Å². The second-order valence-corrected chi connectivity index (χ2v) is 7.26. The topological polar surface area (TPSA) is 18.5 Å². The number of benzene rings is 1. The Bertz CT molecular complexity index is 458. The van der Waals surface area contributed by atoms with Crippen molar-refractivity contribution in [1.82, 2.24) is 0 Å². The average Bonchev–Trinajstić information content (AvgIpc) is 2.54. The molecule has 1 fully saturated rings. The first-order valence-electron chi connectivity index (χ1n) is 7.54. The van der Waals surface area contributed by atoms with Gasteiger partial charge in [0, 0.05) is 16.2 Å². The summed E-state index contributed by atoms with van der Waals surface area (Å²) >= 11 is 6.01. The minimum atomic E-state index is -1.43. The Balaban J connectivity index is 0.00000220. The summed E-state index contributed by atoms with van der Waals surface area (Å²) in [5.74, 6) is 0. The van der Waals surface area contributed by atoms with Crippen LogP contribution in [0.15, 0.2) is 24.3 Å². The van der Waals surface area contributed by atoms with Gasteiger partial charge in [-0.15, -0.1) is 6.32 Å². The van der Waals surface area contributed by atoms with E-state index in [-0.39, 0.29) is 30.1 Å². The van der Waals surface area contributed by atoms with Gasteiger partial charge >= 0.3 is 18.9 Å². The number of unbranched alkanes of at least 4 members (excludes halogenated alkanes) is 1. The van der Waals surface area contributed by atoms with Crippen LogP contribution in [0.2, 0.25) is 11.3 Å². The summed E-state index contributed by atoms with van der Waals surface area (Å²) in [6.45, 7) is 9.19. The Morgan fingerprint density at radius 2 is 1.48 bits per heavy atom. The molecule has 0 N–H and O–H groups in total. The third-order valence-electron chi connectivity index (χ3n) is 4.74. The zero-order valence-corrected chi connectivity index (χ0v) is 15.0. The van der Waals surface area contributed by atoms with Crippen LogP contribution in [0.1, 0.15) is 47.5 Å². The Kier molecular flexibility index (Phi) is 6.10. The molecule has 0 aliphatic carbocycles. The van der Waals surface area contributed by atoms with E-state index in [9.17, 15) is 0 Å². The van der Waals surface area contributed by atoms with Gasteiger partial charge in [0.05, 0.1) is 0 Å². The first-order valence-corrected chi connectivity index (χ1v) is 7.92. The van der Waals surface area contributed by atoms with Gasteiger partial charge < -0.3 is 9.31 Å². The maximum Gasteiger partial charge on any atom is 1.00 e. The molecule has 2 nitrogen and oxygen atoms in total. The maximum absolute atomic E-state index is 6.48. The number of hydrogen-bond acceptors (Lipinski definition) is 2. The summed E-state index contributed by atoms with van der Waals surface area (Å²) in [5.41, 5.74) is 0.502. The monoisotopic (exact) mass is 302 g/mol. The zero-order chi connectivity index (χ0) is 15.0. The van der Waals surface area contributed by atoms with Gasteiger partial charge in [0.15, 0.2) is 0 Å². The van der Waals surface area contributed by atoms with Crippen molar-refractivity contribution < 1.29 is 28.2 Å². The smallest absolute Gasteiger partial charge is 0.558 e. The fraction of sp³-hybridized carbons (Fsp3) is 0.625. The van der Waals surface area contributed by atoms with Crippen LogP contribution < -0.4 is 24.3 Å². The zero-order valence-electron chi connectivity index (χ0n) is 14.2. The van der Waals surface area contributed by atoms with Crippen molar-refractivity contribution in [2.45, 2.75) is 65.0 Å². The van der Waals surface area contributed by atoms with E-state index in [1.807, 2.05) is 24.3 Å². The molecular formula is C16H25BClLiO2. The van der Waals surface area contributed by atoms with Crippen LogP contribution in [0.4, 0.5) is 0 Å². The van der Waals surface area contributed by atoms with Crippen molar-refractivity contribution in [3.63, 3.8) is 0 Å². The van der Waals surface area contributed by atoms with E-state index in [0.29, 0.717) is 0 Å². The molecule has 2 rings (SSSR count). The van der Waals surface area contributed by atoms with Gasteiger partial charge in [-0.3, -0.25) is 0 Å². The minimum Gasteiger partial charge on any atom is -0.558 e.